The third-order valence-electron chi connectivity index (χ3n) is 3.14. The molecule has 0 saturated carbocycles. The molecule has 0 aliphatic heterocycles. The molecule has 106 valence electrons. The summed E-state index contributed by atoms with van der Waals surface area (Å²) in [4.78, 5) is 10.6. The van der Waals surface area contributed by atoms with E-state index in [4.69, 9.17) is 5.11 Å². The summed E-state index contributed by atoms with van der Waals surface area (Å²) in [6.07, 6.45) is 7.72. The van der Waals surface area contributed by atoms with Gasteiger partial charge >= 0.3 is 5.97 Å². The summed E-state index contributed by atoms with van der Waals surface area (Å²) < 4.78 is 0. The van der Waals surface area contributed by atoms with Crippen LogP contribution < -0.4 is 0 Å². The van der Waals surface area contributed by atoms with Crippen molar-refractivity contribution >= 4 is 5.97 Å². The van der Waals surface area contributed by atoms with E-state index in [0.717, 1.165) is 51.4 Å². The summed E-state index contributed by atoms with van der Waals surface area (Å²) in [5, 5.41) is 27.7. The quantitative estimate of drug-likeness (QED) is 0.312. The van der Waals surface area contributed by atoms with E-state index in [9.17, 15) is 15.0 Å². The van der Waals surface area contributed by atoms with Crippen molar-refractivity contribution < 1.29 is 20.1 Å². The fraction of sp³-hybridized carbons (Fsp3) is 0.786. The lowest BCUT2D eigenvalue weighted by atomic mass is 9.92. The second kappa shape index (κ2) is 9.80. The molecule has 0 amide bonds. The second-order valence-electron chi connectivity index (χ2n) is 4.73. The molecular formula is C14H26O4. The van der Waals surface area contributed by atoms with Crippen LogP contribution in [0, 0.1) is 5.92 Å². The number of hydrogen-bond donors (Lipinski definition) is 3. The van der Waals surface area contributed by atoms with Crippen molar-refractivity contribution in [2.75, 3.05) is 0 Å². The largest absolute Gasteiger partial charge is 0.508 e. The first-order valence-corrected chi connectivity index (χ1v) is 6.89. The fourth-order valence-corrected chi connectivity index (χ4v) is 1.99. The number of aliphatic hydroxyl groups is 2. The van der Waals surface area contributed by atoms with Crippen molar-refractivity contribution in [1.82, 2.24) is 0 Å². The highest BCUT2D eigenvalue weighted by Crippen LogP contribution is 2.24. The summed E-state index contributed by atoms with van der Waals surface area (Å²) in [7, 11) is 0. The molecule has 3 N–H and O–H groups in total. The fourth-order valence-electron chi connectivity index (χ4n) is 1.99. The SMILES string of the molecule is CCCCCCC(CCCC)C(O)=C(O)C(=O)O. The van der Waals surface area contributed by atoms with Gasteiger partial charge in [-0.1, -0.05) is 52.4 Å². The highest BCUT2D eigenvalue weighted by Gasteiger charge is 2.21. The van der Waals surface area contributed by atoms with Gasteiger partial charge in [-0.05, 0) is 12.8 Å². The highest BCUT2D eigenvalue weighted by atomic mass is 16.4. The zero-order valence-corrected chi connectivity index (χ0v) is 11.5. The monoisotopic (exact) mass is 258 g/mol. The van der Waals surface area contributed by atoms with Crippen LogP contribution in [0.1, 0.15) is 65.2 Å². The van der Waals surface area contributed by atoms with Crippen LogP contribution in [0.15, 0.2) is 11.5 Å². The normalized spacial score (nSPS) is 14.1. The maximum Gasteiger partial charge on any atom is 0.374 e. The predicted molar refractivity (Wildman–Crippen MR) is 71.7 cm³/mol. The molecule has 0 aromatic carbocycles. The number of hydrogen-bond acceptors (Lipinski definition) is 3. The van der Waals surface area contributed by atoms with Gasteiger partial charge in [0.05, 0.1) is 0 Å². The topological polar surface area (TPSA) is 77.8 Å². The van der Waals surface area contributed by atoms with Crippen molar-refractivity contribution in [1.29, 1.82) is 0 Å². The first-order chi connectivity index (χ1) is 8.54. The number of carboxylic acids is 1. The number of unbranched alkanes of at least 4 members (excludes halogenated alkanes) is 4. The molecule has 0 radical (unpaired) electrons. The average molecular weight is 258 g/mol. The molecule has 18 heavy (non-hydrogen) atoms. The number of rotatable bonds is 10. The summed E-state index contributed by atoms with van der Waals surface area (Å²) in [5.41, 5.74) is 0. The van der Waals surface area contributed by atoms with E-state index < -0.39 is 11.7 Å². The zero-order chi connectivity index (χ0) is 14.0. The minimum atomic E-state index is -1.46. The minimum Gasteiger partial charge on any atom is -0.508 e. The first-order valence-electron chi connectivity index (χ1n) is 6.89. The van der Waals surface area contributed by atoms with Crippen molar-refractivity contribution in [3.63, 3.8) is 0 Å². The van der Waals surface area contributed by atoms with Crippen molar-refractivity contribution in [2.24, 2.45) is 5.92 Å². The lowest BCUT2D eigenvalue weighted by molar-refractivity contribution is -0.136. The van der Waals surface area contributed by atoms with E-state index in [2.05, 4.69) is 6.92 Å². The van der Waals surface area contributed by atoms with E-state index in [-0.39, 0.29) is 11.7 Å². The zero-order valence-electron chi connectivity index (χ0n) is 11.5. The van der Waals surface area contributed by atoms with Crippen LogP contribution in [-0.4, -0.2) is 21.3 Å². The second-order valence-corrected chi connectivity index (χ2v) is 4.73. The molecule has 0 aromatic rings. The standard InChI is InChI=1S/C14H26O4/c1-3-5-7-8-10-11(9-6-4-2)12(15)13(16)14(17)18/h11,15-16H,3-10H2,1-2H3,(H,17,18). The van der Waals surface area contributed by atoms with Gasteiger partial charge in [0.15, 0.2) is 0 Å². The Balaban J connectivity index is 4.46. The molecule has 0 spiro atoms. The van der Waals surface area contributed by atoms with E-state index in [1.54, 1.807) is 0 Å². The average Bonchev–Trinajstić information content (AvgIpc) is 2.36. The van der Waals surface area contributed by atoms with Crippen LogP contribution in [-0.2, 0) is 4.79 Å². The molecule has 0 aliphatic rings. The first kappa shape index (κ1) is 16.8. The summed E-state index contributed by atoms with van der Waals surface area (Å²) in [6, 6.07) is 0. The summed E-state index contributed by atoms with van der Waals surface area (Å²) in [5.74, 6) is -2.93. The molecule has 1 atom stereocenters. The number of aliphatic hydroxyl groups excluding tert-OH is 2. The van der Waals surface area contributed by atoms with E-state index in [1.165, 1.54) is 0 Å². The number of aliphatic carboxylic acids is 1. The van der Waals surface area contributed by atoms with Gasteiger partial charge in [0.1, 0.15) is 5.76 Å². The molecule has 0 rings (SSSR count). The molecule has 0 heterocycles. The van der Waals surface area contributed by atoms with Crippen LogP contribution in [0.4, 0.5) is 0 Å². The Hall–Kier alpha value is -1.19. The third kappa shape index (κ3) is 6.52. The Labute approximate surface area is 109 Å². The maximum atomic E-state index is 10.6. The Morgan fingerprint density at radius 1 is 0.889 bits per heavy atom. The highest BCUT2D eigenvalue weighted by molar-refractivity contribution is 5.84. The van der Waals surface area contributed by atoms with Gasteiger partial charge in [0.2, 0.25) is 5.76 Å². The van der Waals surface area contributed by atoms with Crippen LogP contribution in [0.2, 0.25) is 0 Å². The van der Waals surface area contributed by atoms with Crippen LogP contribution >= 0.6 is 0 Å². The molecule has 0 aromatic heterocycles. The lowest BCUT2D eigenvalue weighted by Crippen LogP contribution is -2.12. The van der Waals surface area contributed by atoms with Crippen LogP contribution in [0.5, 0.6) is 0 Å². The Morgan fingerprint density at radius 2 is 1.44 bits per heavy atom. The lowest BCUT2D eigenvalue weighted by Gasteiger charge is -2.16. The van der Waals surface area contributed by atoms with Gasteiger partial charge in [-0.15, -0.1) is 0 Å². The molecule has 0 fully saturated rings. The van der Waals surface area contributed by atoms with Crippen molar-refractivity contribution in [2.45, 2.75) is 65.2 Å². The van der Waals surface area contributed by atoms with Gasteiger partial charge in [-0.3, -0.25) is 0 Å². The molecule has 0 aliphatic carbocycles. The van der Waals surface area contributed by atoms with E-state index in [1.807, 2.05) is 6.92 Å². The number of allylic oxidation sites excluding steroid dienone is 1. The Bertz CT molecular complexity index is 271. The van der Waals surface area contributed by atoms with Gasteiger partial charge in [0, 0.05) is 5.92 Å². The molecular weight excluding hydrogens is 232 g/mol. The molecule has 4 heteroatoms. The third-order valence-corrected chi connectivity index (χ3v) is 3.14. The minimum absolute atomic E-state index is 0.224. The van der Waals surface area contributed by atoms with Crippen molar-refractivity contribution in [3.8, 4) is 0 Å². The van der Waals surface area contributed by atoms with Gasteiger partial charge in [-0.25, -0.2) is 4.79 Å². The Kier molecular flexibility index (Phi) is 9.15. The van der Waals surface area contributed by atoms with Gasteiger partial charge < -0.3 is 15.3 Å². The number of carbonyl (C=O) groups is 1. The summed E-state index contributed by atoms with van der Waals surface area (Å²) in [6.45, 7) is 4.17. The van der Waals surface area contributed by atoms with Crippen LogP contribution in [0.3, 0.4) is 0 Å². The molecule has 0 bridgehead atoms. The van der Waals surface area contributed by atoms with Crippen molar-refractivity contribution in [3.05, 3.63) is 11.5 Å². The summed E-state index contributed by atoms with van der Waals surface area (Å²) >= 11 is 0. The maximum absolute atomic E-state index is 10.6. The van der Waals surface area contributed by atoms with Gasteiger partial charge in [0.25, 0.3) is 0 Å². The van der Waals surface area contributed by atoms with Crippen LogP contribution in [0.25, 0.3) is 0 Å². The van der Waals surface area contributed by atoms with Gasteiger partial charge in [-0.2, -0.15) is 0 Å². The smallest absolute Gasteiger partial charge is 0.374 e. The van der Waals surface area contributed by atoms with E-state index in [0.29, 0.717) is 0 Å². The number of carboxylic acid groups (broad SMARTS) is 1. The van der Waals surface area contributed by atoms with E-state index >= 15 is 0 Å². The molecule has 4 nitrogen and oxygen atoms in total. The Morgan fingerprint density at radius 3 is 1.94 bits per heavy atom. The predicted octanol–water partition coefficient (Wildman–Crippen LogP) is 4.18. The molecule has 1 unspecified atom stereocenters. The molecule has 0 saturated heterocycles.